The summed E-state index contributed by atoms with van der Waals surface area (Å²) in [4.78, 5) is 0. The first-order valence-electron chi connectivity index (χ1n) is 5.84. The van der Waals surface area contributed by atoms with Crippen molar-refractivity contribution in [3.8, 4) is 0 Å². The van der Waals surface area contributed by atoms with Gasteiger partial charge in [0.05, 0.1) is 6.10 Å². The second kappa shape index (κ2) is 6.67. The zero-order chi connectivity index (χ0) is 12.8. The molecule has 0 bridgehead atoms. The SMILES string of the molecule is CCCC(OCC)C(O)c1ccc(F)c(F)c1. The number of rotatable bonds is 6. The third-order valence-electron chi connectivity index (χ3n) is 2.59. The first-order chi connectivity index (χ1) is 8.10. The summed E-state index contributed by atoms with van der Waals surface area (Å²) in [7, 11) is 0. The third-order valence-corrected chi connectivity index (χ3v) is 2.59. The molecule has 0 aliphatic carbocycles. The first-order valence-corrected chi connectivity index (χ1v) is 5.84. The van der Waals surface area contributed by atoms with E-state index in [0.717, 1.165) is 18.6 Å². The van der Waals surface area contributed by atoms with Crippen LogP contribution in [0.4, 0.5) is 8.78 Å². The van der Waals surface area contributed by atoms with Crippen molar-refractivity contribution in [3.05, 3.63) is 35.4 Å². The molecule has 0 saturated carbocycles. The zero-order valence-corrected chi connectivity index (χ0v) is 10.1. The lowest BCUT2D eigenvalue weighted by molar-refractivity contribution is -0.0386. The van der Waals surface area contributed by atoms with Gasteiger partial charge in [-0.25, -0.2) is 8.78 Å². The van der Waals surface area contributed by atoms with Crippen molar-refractivity contribution in [2.45, 2.75) is 38.9 Å². The summed E-state index contributed by atoms with van der Waals surface area (Å²) < 4.78 is 31.2. The van der Waals surface area contributed by atoms with E-state index in [4.69, 9.17) is 4.74 Å². The van der Waals surface area contributed by atoms with Gasteiger partial charge >= 0.3 is 0 Å². The molecule has 17 heavy (non-hydrogen) atoms. The minimum Gasteiger partial charge on any atom is -0.386 e. The van der Waals surface area contributed by atoms with Gasteiger partial charge in [-0.2, -0.15) is 0 Å². The number of aliphatic hydroxyl groups is 1. The molecule has 1 aromatic rings. The molecule has 2 nitrogen and oxygen atoms in total. The van der Waals surface area contributed by atoms with E-state index >= 15 is 0 Å². The Morgan fingerprint density at radius 2 is 1.94 bits per heavy atom. The topological polar surface area (TPSA) is 29.5 Å². The molecule has 0 amide bonds. The summed E-state index contributed by atoms with van der Waals surface area (Å²) in [5.74, 6) is -1.86. The van der Waals surface area contributed by atoms with Gasteiger partial charge in [-0.3, -0.25) is 0 Å². The van der Waals surface area contributed by atoms with Gasteiger partial charge in [-0.1, -0.05) is 19.4 Å². The van der Waals surface area contributed by atoms with Crippen LogP contribution in [0.25, 0.3) is 0 Å². The molecule has 0 heterocycles. The van der Waals surface area contributed by atoms with Crippen molar-refractivity contribution >= 4 is 0 Å². The predicted molar refractivity (Wildman–Crippen MR) is 61.6 cm³/mol. The molecular weight excluding hydrogens is 226 g/mol. The number of ether oxygens (including phenoxy) is 1. The van der Waals surface area contributed by atoms with Crippen molar-refractivity contribution in [2.75, 3.05) is 6.61 Å². The molecule has 0 fully saturated rings. The minimum atomic E-state index is -0.951. The van der Waals surface area contributed by atoms with Crippen LogP contribution < -0.4 is 0 Å². The number of benzene rings is 1. The fraction of sp³-hybridized carbons (Fsp3) is 0.538. The molecule has 1 rings (SSSR count). The van der Waals surface area contributed by atoms with Crippen LogP contribution in [0.3, 0.4) is 0 Å². The van der Waals surface area contributed by atoms with E-state index in [1.165, 1.54) is 6.07 Å². The molecule has 1 N–H and O–H groups in total. The normalized spacial score (nSPS) is 14.6. The molecule has 2 unspecified atom stereocenters. The van der Waals surface area contributed by atoms with E-state index in [0.29, 0.717) is 18.6 Å². The summed E-state index contributed by atoms with van der Waals surface area (Å²) in [5, 5.41) is 10.0. The number of hydrogen-bond acceptors (Lipinski definition) is 2. The molecule has 4 heteroatoms. The summed E-state index contributed by atoms with van der Waals surface area (Å²) in [6.45, 7) is 4.29. The van der Waals surface area contributed by atoms with Gasteiger partial charge in [0, 0.05) is 6.61 Å². The van der Waals surface area contributed by atoms with Crippen LogP contribution in [-0.4, -0.2) is 17.8 Å². The highest BCUT2D eigenvalue weighted by Gasteiger charge is 2.21. The summed E-state index contributed by atoms with van der Waals surface area (Å²) in [5.41, 5.74) is 0.343. The predicted octanol–water partition coefficient (Wildman–Crippen LogP) is 3.20. The van der Waals surface area contributed by atoms with Crippen LogP contribution in [0.15, 0.2) is 18.2 Å². The van der Waals surface area contributed by atoms with Gasteiger partial charge < -0.3 is 9.84 Å². The molecule has 96 valence electrons. The molecule has 0 spiro atoms. The van der Waals surface area contributed by atoms with E-state index in [1.54, 1.807) is 0 Å². The molecule has 2 atom stereocenters. The van der Waals surface area contributed by atoms with Crippen molar-refractivity contribution in [3.63, 3.8) is 0 Å². The fourth-order valence-electron chi connectivity index (χ4n) is 1.74. The van der Waals surface area contributed by atoms with Crippen LogP contribution in [0, 0.1) is 11.6 Å². The first kappa shape index (κ1) is 14.1. The smallest absolute Gasteiger partial charge is 0.159 e. The minimum absolute atomic E-state index is 0.343. The zero-order valence-electron chi connectivity index (χ0n) is 10.1. The average Bonchev–Trinajstić information content (AvgIpc) is 2.31. The molecule has 1 aromatic carbocycles. The molecule has 0 radical (unpaired) electrons. The Balaban J connectivity index is 2.84. The van der Waals surface area contributed by atoms with Gasteiger partial charge in [-0.05, 0) is 31.0 Å². The maximum absolute atomic E-state index is 13.0. The quantitative estimate of drug-likeness (QED) is 0.832. The van der Waals surface area contributed by atoms with Crippen molar-refractivity contribution in [2.24, 2.45) is 0 Å². The van der Waals surface area contributed by atoms with Crippen LogP contribution in [0.1, 0.15) is 38.4 Å². The summed E-state index contributed by atoms with van der Waals surface area (Å²) in [6.07, 6.45) is 0.222. The Labute approximate surface area is 100 Å². The largest absolute Gasteiger partial charge is 0.386 e. The Hall–Kier alpha value is -1.00. The maximum atomic E-state index is 13.0. The second-order valence-corrected chi connectivity index (χ2v) is 3.90. The number of aliphatic hydroxyl groups excluding tert-OH is 1. The monoisotopic (exact) mass is 244 g/mol. The Kier molecular flexibility index (Phi) is 5.51. The molecule has 0 aliphatic rings. The Morgan fingerprint density at radius 1 is 1.24 bits per heavy atom. The van der Waals surface area contributed by atoms with Crippen LogP contribution in [-0.2, 0) is 4.74 Å². The van der Waals surface area contributed by atoms with Gasteiger partial charge in [0.25, 0.3) is 0 Å². The van der Waals surface area contributed by atoms with E-state index in [9.17, 15) is 13.9 Å². The summed E-state index contributed by atoms with van der Waals surface area (Å²) in [6, 6.07) is 3.41. The van der Waals surface area contributed by atoms with E-state index in [1.807, 2.05) is 13.8 Å². The van der Waals surface area contributed by atoms with Crippen molar-refractivity contribution in [1.29, 1.82) is 0 Å². The van der Waals surface area contributed by atoms with E-state index in [-0.39, 0.29) is 6.10 Å². The highest BCUT2D eigenvalue weighted by molar-refractivity contribution is 5.20. The second-order valence-electron chi connectivity index (χ2n) is 3.90. The highest BCUT2D eigenvalue weighted by atomic mass is 19.2. The Bertz CT molecular complexity index is 349. The van der Waals surface area contributed by atoms with Gasteiger partial charge in [0.2, 0.25) is 0 Å². The average molecular weight is 244 g/mol. The van der Waals surface area contributed by atoms with Crippen LogP contribution in [0.2, 0.25) is 0 Å². The summed E-state index contributed by atoms with van der Waals surface area (Å²) >= 11 is 0. The number of hydrogen-bond donors (Lipinski definition) is 1. The van der Waals surface area contributed by atoms with E-state index < -0.39 is 17.7 Å². The highest BCUT2D eigenvalue weighted by Crippen LogP contribution is 2.24. The Morgan fingerprint density at radius 3 is 2.47 bits per heavy atom. The number of halogens is 2. The van der Waals surface area contributed by atoms with Gasteiger partial charge in [0.15, 0.2) is 11.6 Å². The third kappa shape index (κ3) is 3.75. The standard InChI is InChI=1S/C13H18F2O2/c1-3-5-12(17-4-2)13(16)9-6-7-10(14)11(15)8-9/h6-8,12-13,16H,3-5H2,1-2H3. The lowest BCUT2D eigenvalue weighted by Crippen LogP contribution is -2.22. The van der Waals surface area contributed by atoms with Gasteiger partial charge in [0.1, 0.15) is 6.10 Å². The molecule has 0 saturated heterocycles. The van der Waals surface area contributed by atoms with E-state index in [2.05, 4.69) is 0 Å². The van der Waals surface area contributed by atoms with Crippen molar-refractivity contribution in [1.82, 2.24) is 0 Å². The molecular formula is C13H18F2O2. The lowest BCUT2D eigenvalue weighted by atomic mass is 10.0. The van der Waals surface area contributed by atoms with Crippen molar-refractivity contribution < 1.29 is 18.6 Å². The van der Waals surface area contributed by atoms with Gasteiger partial charge in [-0.15, -0.1) is 0 Å². The molecule has 0 aliphatic heterocycles. The maximum Gasteiger partial charge on any atom is 0.159 e. The fourth-order valence-corrected chi connectivity index (χ4v) is 1.74. The molecule has 0 aromatic heterocycles. The lowest BCUT2D eigenvalue weighted by Gasteiger charge is -2.22. The van der Waals surface area contributed by atoms with Crippen LogP contribution >= 0.6 is 0 Å². The van der Waals surface area contributed by atoms with Crippen LogP contribution in [0.5, 0.6) is 0 Å².